The molecule has 132 valence electrons. The maximum absolute atomic E-state index is 13.0. The van der Waals surface area contributed by atoms with Crippen LogP contribution in [0.4, 0.5) is 0 Å². The average Bonchev–Trinajstić information content (AvgIpc) is 2.61. The third-order valence-corrected chi connectivity index (χ3v) is 4.62. The second-order valence-electron chi connectivity index (χ2n) is 6.34. The molecule has 2 aromatic carbocycles. The molecular weight excluding hydrogens is 312 g/mol. The van der Waals surface area contributed by atoms with Crippen molar-refractivity contribution < 1.29 is 9.59 Å². The zero-order chi connectivity index (χ0) is 18.4. The van der Waals surface area contributed by atoms with Crippen LogP contribution in [0.3, 0.4) is 0 Å². The lowest BCUT2D eigenvalue weighted by molar-refractivity contribution is -0.139. The highest BCUT2D eigenvalue weighted by Gasteiger charge is 2.26. The summed E-state index contributed by atoms with van der Waals surface area (Å²) in [6.45, 7) is 6.21. The minimum atomic E-state index is -0.527. The number of aryl methyl sites for hydroxylation is 2. The van der Waals surface area contributed by atoms with Crippen molar-refractivity contribution in [2.45, 2.75) is 39.8 Å². The van der Waals surface area contributed by atoms with Gasteiger partial charge in [0, 0.05) is 13.6 Å². The van der Waals surface area contributed by atoms with E-state index in [0.717, 1.165) is 22.3 Å². The summed E-state index contributed by atoms with van der Waals surface area (Å²) < 4.78 is 0. The molecule has 0 radical (unpaired) electrons. The molecule has 0 aliphatic rings. The molecule has 2 rings (SSSR count). The van der Waals surface area contributed by atoms with Crippen LogP contribution in [-0.2, 0) is 22.6 Å². The van der Waals surface area contributed by atoms with E-state index in [0.29, 0.717) is 13.0 Å². The van der Waals surface area contributed by atoms with E-state index in [2.05, 4.69) is 5.32 Å². The van der Waals surface area contributed by atoms with Crippen molar-refractivity contribution in [3.05, 3.63) is 70.8 Å². The fraction of sp³-hybridized carbons (Fsp3) is 0.333. The largest absolute Gasteiger partial charge is 0.357 e. The van der Waals surface area contributed by atoms with Crippen LogP contribution in [0, 0.1) is 13.8 Å². The van der Waals surface area contributed by atoms with E-state index >= 15 is 0 Å². The molecule has 4 nitrogen and oxygen atoms in total. The Morgan fingerprint density at radius 1 is 0.960 bits per heavy atom. The molecule has 2 aromatic rings. The normalized spacial score (nSPS) is 11.7. The number of nitrogens with zero attached hydrogens (tertiary/aromatic N) is 1. The molecule has 0 fully saturated rings. The Morgan fingerprint density at radius 3 is 2.00 bits per heavy atom. The molecule has 2 amide bonds. The molecule has 4 heteroatoms. The van der Waals surface area contributed by atoms with Crippen molar-refractivity contribution in [1.82, 2.24) is 10.2 Å². The third-order valence-electron chi connectivity index (χ3n) is 4.62. The highest BCUT2D eigenvalue weighted by molar-refractivity contribution is 5.88. The summed E-state index contributed by atoms with van der Waals surface area (Å²) in [5, 5.41) is 2.64. The van der Waals surface area contributed by atoms with Crippen LogP contribution < -0.4 is 5.32 Å². The molecule has 0 aliphatic carbocycles. The highest BCUT2D eigenvalue weighted by atomic mass is 16.2. The van der Waals surface area contributed by atoms with Gasteiger partial charge in [-0.05, 0) is 43.0 Å². The quantitative estimate of drug-likeness (QED) is 0.880. The molecule has 0 aliphatic heterocycles. The first-order chi connectivity index (χ1) is 11.9. The number of benzene rings is 2. The number of rotatable bonds is 6. The van der Waals surface area contributed by atoms with Gasteiger partial charge >= 0.3 is 0 Å². The molecule has 0 saturated carbocycles. The molecular formula is C21H26N2O2. The topological polar surface area (TPSA) is 49.4 Å². The zero-order valence-electron chi connectivity index (χ0n) is 15.4. The van der Waals surface area contributed by atoms with E-state index < -0.39 is 6.04 Å². The number of hydrogen-bond donors (Lipinski definition) is 1. The van der Waals surface area contributed by atoms with E-state index in [-0.39, 0.29) is 11.8 Å². The highest BCUT2D eigenvalue weighted by Crippen LogP contribution is 2.16. The van der Waals surface area contributed by atoms with Gasteiger partial charge < -0.3 is 10.2 Å². The average molecular weight is 338 g/mol. The molecule has 0 aromatic heterocycles. The van der Waals surface area contributed by atoms with E-state index in [9.17, 15) is 9.59 Å². The van der Waals surface area contributed by atoms with E-state index in [4.69, 9.17) is 0 Å². The minimum absolute atomic E-state index is 0.0475. The predicted molar refractivity (Wildman–Crippen MR) is 100 cm³/mol. The van der Waals surface area contributed by atoms with E-state index in [1.165, 1.54) is 0 Å². The summed E-state index contributed by atoms with van der Waals surface area (Å²) in [7, 11) is 1.59. The van der Waals surface area contributed by atoms with Gasteiger partial charge in [0.25, 0.3) is 0 Å². The molecule has 0 saturated heterocycles. The first kappa shape index (κ1) is 18.7. The molecule has 0 unspecified atom stereocenters. The predicted octanol–water partition coefficient (Wildman–Crippen LogP) is 3.01. The Labute approximate surface area is 149 Å². The maximum Gasteiger partial charge on any atom is 0.242 e. The van der Waals surface area contributed by atoms with Crippen molar-refractivity contribution in [1.29, 1.82) is 0 Å². The maximum atomic E-state index is 13.0. The zero-order valence-corrected chi connectivity index (χ0v) is 15.4. The Hall–Kier alpha value is -2.62. The lowest BCUT2D eigenvalue weighted by atomic mass is 10.0. The van der Waals surface area contributed by atoms with Crippen molar-refractivity contribution in [2.24, 2.45) is 0 Å². The van der Waals surface area contributed by atoms with Crippen LogP contribution in [0.25, 0.3) is 0 Å². The lowest BCUT2D eigenvalue weighted by Crippen LogP contribution is -2.47. The van der Waals surface area contributed by atoms with Gasteiger partial charge in [0.05, 0.1) is 6.42 Å². The van der Waals surface area contributed by atoms with Crippen molar-refractivity contribution >= 4 is 11.8 Å². The number of carbonyl (C=O) groups excluding carboxylic acids is 2. The summed E-state index contributed by atoms with van der Waals surface area (Å²) in [4.78, 5) is 26.8. The number of hydrogen-bond acceptors (Lipinski definition) is 2. The number of likely N-dealkylation sites (N-methyl/N-ethyl adjacent to an activating group) is 1. The Morgan fingerprint density at radius 2 is 1.48 bits per heavy atom. The summed E-state index contributed by atoms with van der Waals surface area (Å²) in [6, 6.07) is 15.3. The fourth-order valence-electron chi connectivity index (χ4n) is 2.84. The van der Waals surface area contributed by atoms with Gasteiger partial charge in [0.15, 0.2) is 0 Å². The molecule has 0 spiro atoms. The molecule has 0 bridgehead atoms. The lowest BCUT2D eigenvalue weighted by Gasteiger charge is -2.29. The fourth-order valence-corrected chi connectivity index (χ4v) is 2.84. The van der Waals surface area contributed by atoms with Gasteiger partial charge in [0.2, 0.25) is 11.8 Å². The summed E-state index contributed by atoms with van der Waals surface area (Å²) in [5.41, 5.74) is 4.24. The number of carbonyl (C=O) groups is 2. The molecule has 25 heavy (non-hydrogen) atoms. The second kappa shape index (κ2) is 8.47. The first-order valence-corrected chi connectivity index (χ1v) is 8.54. The van der Waals surface area contributed by atoms with Gasteiger partial charge in [-0.1, -0.05) is 48.5 Å². The summed E-state index contributed by atoms with van der Waals surface area (Å²) >= 11 is 0. The Balaban J connectivity index is 2.27. The smallest absolute Gasteiger partial charge is 0.242 e. The molecule has 1 atom stereocenters. The SMILES string of the molecule is CNC(=O)[C@@H](C)N(Cc1ccccc1C)C(=O)Cc1ccccc1C. The summed E-state index contributed by atoms with van der Waals surface area (Å²) in [6.07, 6.45) is 0.292. The second-order valence-corrected chi connectivity index (χ2v) is 6.34. The van der Waals surface area contributed by atoms with Crippen LogP contribution in [0.15, 0.2) is 48.5 Å². The Bertz CT molecular complexity index is 755. The van der Waals surface area contributed by atoms with Crippen molar-refractivity contribution in [3.8, 4) is 0 Å². The van der Waals surface area contributed by atoms with Gasteiger partial charge in [0.1, 0.15) is 6.04 Å². The van der Waals surface area contributed by atoms with Gasteiger partial charge in [-0.15, -0.1) is 0 Å². The number of nitrogens with one attached hydrogen (secondary N) is 1. The van der Waals surface area contributed by atoms with E-state index in [1.807, 2.05) is 62.4 Å². The standard InChI is InChI=1S/C21H26N2O2/c1-15-9-5-7-11-18(15)13-20(24)23(17(3)21(25)22-4)14-19-12-8-6-10-16(19)2/h5-12,17H,13-14H2,1-4H3,(H,22,25)/t17-/m1/s1. The van der Waals surface area contributed by atoms with Crippen LogP contribution >= 0.6 is 0 Å². The van der Waals surface area contributed by atoms with Gasteiger partial charge in [-0.25, -0.2) is 0 Å². The summed E-state index contributed by atoms with van der Waals surface area (Å²) in [5.74, 6) is -0.208. The first-order valence-electron chi connectivity index (χ1n) is 8.54. The number of amides is 2. The van der Waals surface area contributed by atoms with Gasteiger partial charge in [-0.2, -0.15) is 0 Å². The third kappa shape index (κ3) is 4.69. The van der Waals surface area contributed by atoms with Gasteiger partial charge in [-0.3, -0.25) is 9.59 Å². The minimum Gasteiger partial charge on any atom is -0.357 e. The van der Waals surface area contributed by atoms with Crippen molar-refractivity contribution in [3.63, 3.8) is 0 Å². The molecule has 1 N–H and O–H groups in total. The monoisotopic (exact) mass is 338 g/mol. The Kier molecular flexibility index (Phi) is 6.34. The van der Waals surface area contributed by atoms with Crippen LogP contribution in [-0.4, -0.2) is 29.8 Å². The van der Waals surface area contributed by atoms with Crippen LogP contribution in [0.5, 0.6) is 0 Å². The van der Waals surface area contributed by atoms with Crippen LogP contribution in [0.2, 0.25) is 0 Å². The van der Waals surface area contributed by atoms with Crippen LogP contribution in [0.1, 0.15) is 29.2 Å². The van der Waals surface area contributed by atoms with Crippen molar-refractivity contribution in [2.75, 3.05) is 7.05 Å². The van der Waals surface area contributed by atoms with E-state index in [1.54, 1.807) is 18.9 Å². The molecule has 0 heterocycles.